The number of nitro groups is 1. The van der Waals surface area contributed by atoms with Crippen molar-refractivity contribution < 1.29 is 4.92 Å². The summed E-state index contributed by atoms with van der Waals surface area (Å²) < 4.78 is 0.757. The first-order valence-electron chi connectivity index (χ1n) is 6.69. The standard InChI is InChI=1S/C14H19BrN2O2/c1-9-4-3-5-13(10(9)2)16-14-7-6-11(17(18)19)8-12(14)15/h6-10,13,16H,3-5H2,1-2H3. The van der Waals surface area contributed by atoms with Crippen LogP contribution in [0.3, 0.4) is 0 Å². The smallest absolute Gasteiger partial charge is 0.270 e. The van der Waals surface area contributed by atoms with Crippen LogP contribution >= 0.6 is 15.9 Å². The summed E-state index contributed by atoms with van der Waals surface area (Å²) in [7, 11) is 0. The van der Waals surface area contributed by atoms with Gasteiger partial charge in [-0.25, -0.2) is 0 Å². The molecule has 1 aliphatic carbocycles. The third kappa shape index (κ3) is 3.26. The second-order valence-electron chi connectivity index (χ2n) is 5.44. The van der Waals surface area contributed by atoms with Gasteiger partial charge in [-0.1, -0.05) is 26.7 Å². The van der Waals surface area contributed by atoms with E-state index in [1.54, 1.807) is 18.2 Å². The predicted octanol–water partition coefficient (Wildman–Crippen LogP) is 4.59. The Bertz CT molecular complexity index is 479. The molecule has 104 valence electrons. The lowest BCUT2D eigenvalue weighted by Gasteiger charge is -2.35. The number of nitro benzene ring substituents is 1. The number of hydrogen-bond donors (Lipinski definition) is 1. The topological polar surface area (TPSA) is 55.2 Å². The largest absolute Gasteiger partial charge is 0.381 e. The molecular weight excluding hydrogens is 308 g/mol. The van der Waals surface area contributed by atoms with Gasteiger partial charge in [-0.2, -0.15) is 0 Å². The number of anilines is 1. The molecule has 1 aromatic rings. The highest BCUT2D eigenvalue weighted by Gasteiger charge is 2.27. The third-order valence-electron chi connectivity index (χ3n) is 4.21. The minimum Gasteiger partial charge on any atom is -0.381 e. The first-order valence-corrected chi connectivity index (χ1v) is 7.49. The molecule has 0 heterocycles. The SMILES string of the molecule is CC1CCCC(Nc2ccc([N+](=O)[O-])cc2Br)C1C. The zero-order valence-corrected chi connectivity index (χ0v) is 12.8. The lowest BCUT2D eigenvalue weighted by Crippen LogP contribution is -2.35. The summed E-state index contributed by atoms with van der Waals surface area (Å²) in [5, 5.41) is 14.2. The molecule has 0 spiro atoms. The van der Waals surface area contributed by atoms with Crippen molar-refractivity contribution in [2.45, 2.75) is 39.2 Å². The summed E-state index contributed by atoms with van der Waals surface area (Å²) in [6, 6.07) is 5.33. The maximum atomic E-state index is 10.7. The fraction of sp³-hybridized carbons (Fsp3) is 0.571. The fourth-order valence-electron chi connectivity index (χ4n) is 2.72. The number of nitrogens with one attached hydrogen (secondary N) is 1. The lowest BCUT2D eigenvalue weighted by molar-refractivity contribution is -0.384. The molecule has 19 heavy (non-hydrogen) atoms. The van der Waals surface area contributed by atoms with Crippen LogP contribution in [0, 0.1) is 22.0 Å². The summed E-state index contributed by atoms with van der Waals surface area (Å²) in [5.41, 5.74) is 1.05. The van der Waals surface area contributed by atoms with E-state index in [9.17, 15) is 10.1 Å². The van der Waals surface area contributed by atoms with Gasteiger partial charge in [-0.05, 0) is 40.3 Å². The molecule has 1 N–H and O–H groups in total. The Morgan fingerprint density at radius 1 is 1.37 bits per heavy atom. The van der Waals surface area contributed by atoms with Crippen molar-refractivity contribution in [1.29, 1.82) is 0 Å². The zero-order valence-electron chi connectivity index (χ0n) is 11.2. The first-order chi connectivity index (χ1) is 8.99. The average molecular weight is 327 g/mol. The number of halogens is 1. The van der Waals surface area contributed by atoms with Crippen molar-refractivity contribution in [3.63, 3.8) is 0 Å². The zero-order chi connectivity index (χ0) is 14.0. The fourth-order valence-corrected chi connectivity index (χ4v) is 3.20. The molecule has 0 aromatic heterocycles. The summed E-state index contributed by atoms with van der Waals surface area (Å²) in [6.45, 7) is 4.57. The number of rotatable bonds is 3. The molecule has 5 heteroatoms. The van der Waals surface area contributed by atoms with Gasteiger partial charge < -0.3 is 5.32 Å². The van der Waals surface area contributed by atoms with E-state index in [0.717, 1.165) is 22.5 Å². The highest BCUT2D eigenvalue weighted by molar-refractivity contribution is 9.10. The maximum absolute atomic E-state index is 10.7. The summed E-state index contributed by atoms with van der Waals surface area (Å²) >= 11 is 3.41. The van der Waals surface area contributed by atoms with Gasteiger partial charge in [0.05, 0.1) is 4.92 Å². The van der Waals surface area contributed by atoms with E-state index in [2.05, 4.69) is 35.1 Å². The number of nitrogens with zero attached hydrogens (tertiary/aromatic N) is 1. The van der Waals surface area contributed by atoms with Gasteiger partial charge in [0, 0.05) is 28.3 Å². The molecule has 0 radical (unpaired) electrons. The molecule has 4 nitrogen and oxygen atoms in total. The van der Waals surface area contributed by atoms with Gasteiger partial charge in [0.15, 0.2) is 0 Å². The minimum atomic E-state index is -0.375. The number of hydrogen-bond acceptors (Lipinski definition) is 3. The van der Waals surface area contributed by atoms with Gasteiger partial charge in [-0.3, -0.25) is 10.1 Å². The van der Waals surface area contributed by atoms with Crippen LogP contribution in [-0.4, -0.2) is 11.0 Å². The van der Waals surface area contributed by atoms with E-state index < -0.39 is 0 Å². The Kier molecular flexibility index (Phi) is 4.45. The number of benzene rings is 1. The van der Waals surface area contributed by atoms with Crippen molar-refractivity contribution in [1.82, 2.24) is 0 Å². The Balaban J connectivity index is 2.12. The van der Waals surface area contributed by atoms with E-state index >= 15 is 0 Å². The molecule has 0 bridgehead atoms. The highest BCUT2D eigenvalue weighted by Crippen LogP contribution is 2.34. The molecule has 0 aliphatic heterocycles. The van der Waals surface area contributed by atoms with E-state index in [-0.39, 0.29) is 10.6 Å². The van der Waals surface area contributed by atoms with Crippen LogP contribution in [0.25, 0.3) is 0 Å². The molecule has 0 amide bonds. The van der Waals surface area contributed by atoms with Crippen LogP contribution in [0.15, 0.2) is 22.7 Å². The van der Waals surface area contributed by atoms with E-state index in [0.29, 0.717) is 12.0 Å². The van der Waals surface area contributed by atoms with Gasteiger partial charge in [-0.15, -0.1) is 0 Å². The molecular formula is C14H19BrN2O2. The van der Waals surface area contributed by atoms with Gasteiger partial charge in [0.25, 0.3) is 5.69 Å². The Hall–Kier alpha value is -1.10. The first kappa shape index (κ1) is 14.3. The summed E-state index contributed by atoms with van der Waals surface area (Å²) in [5.74, 6) is 1.35. The monoisotopic (exact) mass is 326 g/mol. The van der Waals surface area contributed by atoms with Crippen molar-refractivity contribution in [2.24, 2.45) is 11.8 Å². The van der Waals surface area contributed by atoms with Crippen LogP contribution in [-0.2, 0) is 0 Å². The Morgan fingerprint density at radius 2 is 2.11 bits per heavy atom. The Labute approximate surface area is 121 Å². The third-order valence-corrected chi connectivity index (χ3v) is 4.87. The Morgan fingerprint density at radius 3 is 2.74 bits per heavy atom. The molecule has 1 saturated carbocycles. The van der Waals surface area contributed by atoms with E-state index in [1.807, 2.05) is 0 Å². The van der Waals surface area contributed by atoms with Crippen LogP contribution in [0.5, 0.6) is 0 Å². The average Bonchev–Trinajstić information content (AvgIpc) is 2.37. The lowest BCUT2D eigenvalue weighted by atomic mass is 9.78. The van der Waals surface area contributed by atoms with E-state index in [1.165, 1.54) is 12.8 Å². The molecule has 0 saturated heterocycles. The van der Waals surface area contributed by atoms with Gasteiger partial charge in [0.1, 0.15) is 0 Å². The summed E-state index contributed by atoms with van der Waals surface area (Å²) in [4.78, 5) is 10.3. The van der Waals surface area contributed by atoms with E-state index in [4.69, 9.17) is 0 Å². The second kappa shape index (κ2) is 5.90. The molecule has 1 aromatic carbocycles. The maximum Gasteiger partial charge on any atom is 0.270 e. The van der Waals surface area contributed by atoms with Crippen molar-refractivity contribution in [3.05, 3.63) is 32.8 Å². The number of non-ortho nitro benzene ring substituents is 1. The van der Waals surface area contributed by atoms with Crippen molar-refractivity contribution >= 4 is 27.3 Å². The predicted molar refractivity (Wildman–Crippen MR) is 80.4 cm³/mol. The van der Waals surface area contributed by atoms with Crippen molar-refractivity contribution in [2.75, 3.05) is 5.32 Å². The quantitative estimate of drug-likeness (QED) is 0.652. The highest BCUT2D eigenvalue weighted by atomic mass is 79.9. The normalized spacial score (nSPS) is 27.0. The molecule has 3 atom stereocenters. The van der Waals surface area contributed by atoms with Crippen LogP contribution in [0.2, 0.25) is 0 Å². The minimum absolute atomic E-state index is 0.113. The molecule has 3 unspecified atom stereocenters. The molecule has 1 fully saturated rings. The molecule has 1 aliphatic rings. The van der Waals surface area contributed by atoms with Crippen molar-refractivity contribution in [3.8, 4) is 0 Å². The molecule has 2 rings (SSSR count). The van der Waals surface area contributed by atoms with Crippen LogP contribution < -0.4 is 5.32 Å². The van der Waals surface area contributed by atoms with Crippen LogP contribution in [0.4, 0.5) is 11.4 Å². The van der Waals surface area contributed by atoms with Gasteiger partial charge in [0.2, 0.25) is 0 Å². The summed E-state index contributed by atoms with van der Waals surface area (Å²) in [6.07, 6.45) is 3.70. The van der Waals surface area contributed by atoms with Gasteiger partial charge >= 0.3 is 0 Å². The van der Waals surface area contributed by atoms with Crippen LogP contribution in [0.1, 0.15) is 33.1 Å². The second-order valence-corrected chi connectivity index (χ2v) is 6.29.